The van der Waals surface area contributed by atoms with Crippen molar-refractivity contribution in [1.82, 2.24) is 0 Å². The maximum absolute atomic E-state index is 10.2. The zero-order valence-electron chi connectivity index (χ0n) is 7.12. The molecule has 0 unspecified atom stereocenters. The van der Waals surface area contributed by atoms with Crippen molar-refractivity contribution in [3.05, 3.63) is 34.9 Å². The van der Waals surface area contributed by atoms with Crippen molar-refractivity contribution < 1.29 is 9.90 Å². The smallest absolute Gasteiger partial charge is 0.143 e. The molecule has 0 heterocycles. The van der Waals surface area contributed by atoms with Crippen molar-refractivity contribution in [1.29, 1.82) is 0 Å². The average molecular weight is 197 g/mol. The molecular weight excluding hydrogens is 188 g/mol. The summed E-state index contributed by atoms with van der Waals surface area (Å²) in [5.41, 5.74) is 1.27. The van der Waals surface area contributed by atoms with Gasteiger partial charge in [-0.05, 0) is 36.8 Å². The molecule has 0 spiro atoms. The molecule has 0 aliphatic heterocycles. The van der Waals surface area contributed by atoms with Gasteiger partial charge in [0.1, 0.15) is 12.0 Å². The zero-order chi connectivity index (χ0) is 9.84. The van der Waals surface area contributed by atoms with Gasteiger partial charge in [0.2, 0.25) is 0 Å². The Hall–Kier alpha value is -1.28. The topological polar surface area (TPSA) is 37.3 Å². The number of carbonyl (C=O) groups is 1. The second-order valence-corrected chi connectivity index (χ2v) is 3.08. The molecule has 68 valence electrons. The predicted octanol–water partition coefficient (Wildman–Crippen LogP) is 2.65. The van der Waals surface area contributed by atoms with Gasteiger partial charge >= 0.3 is 0 Å². The largest absolute Gasteiger partial charge is 0.507 e. The quantitative estimate of drug-likeness (QED) is 0.583. The number of allylic oxidation sites excluding steroid dienone is 2. The summed E-state index contributed by atoms with van der Waals surface area (Å²) < 4.78 is 0. The minimum absolute atomic E-state index is 0.125. The first-order chi connectivity index (χ1) is 6.15. The number of phenolic OH excluding ortho intramolecular Hbond substituents is 1. The summed E-state index contributed by atoms with van der Waals surface area (Å²) in [5.74, 6) is 0.125. The van der Waals surface area contributed by atoms with Crippen LogP contribution in [0.2, 0.25) is 5.02 Å². The Balaban J connectivity index is 3.20. The summed E-state index contributed by atoms with van der Waals surface area (Å²) in [5, 5.41) is 9.95. The molecule has 0 atom stereocenters. The van der Waals surface area contributed by atoms with Crippen LogP contribution in [-0.2, 0) is 4.79 Å². The lowest BCUT2D eigenvalue weighted by molar-refractivity contribution is -0.104. The van der Waals surface area contributed by atoms with Gasteiger partial charge in [-0.1, -0.05) is 11.6 Å². The molecule has 0 radical (unpaired) electrons. The highest BCUT2D eigenvalue weighted by Gasteiger charge is 2.02. The van der Waals surface area contributed by atoms with Gasteiger partial charge in [-0.25, -0.2) is 0 Å². The third kappa shape index (κ3) is 2.33. The van der Waals surface area contributed by atoms with Gasteiger partial charge in [0.25, 0.3) is 0 Å². The highest BCUT2D eigenvalue weighted by molar-refractivity contribution is 6.30. The summed E-state index contributed by atoms with van der Waals surface area (Å²) in [4.78, 5) is 10.2. The summed E-state index contributed by atoms with van der Waals surface area (Å²) in [6.07, 6.45) is 2.06. The molecule has 1 N–H and O–H groups in total. The number of halogens is 1. The van der Waals surface area contributed by atoms with E-state index in [2.05, 4.69) is 0 Å². The van der Waals surface area contributed by atoms with Gasteiger partial charge in [0, 0.05) is 10.6 Å². The standard InChI is InChI=1S/C10H9ClO2/c1-7(4-5-12)9-6-8(11)2-3-10(9)13/h2-6,13H,1H3. The molecule has 0 amide bonds. The summed E-state index contributed by atoms with van der Waals surface area (Å²) in [6, 6.07) is 4.71. The van der Waals surface area contributed by atoms with Crippen LogP contribution in [0.1, 0.15) is 12.5 Å². The number of phenols is 1. The van der Waals surface area contributed by atoms with Gasteiger partial charge < -0.3 is 5.11 Å². The van der Waals surface area contributed by atoms with Crippen LogP contribution in [0, 0.1) is 0 Å². The van der Waals surface area contributed by atoms with Crippen molar-refractivity contribution >= 4 is 23.5 Å². The Kier molecular flexibility index (Phi) is 3.09. The van der Waals surface area contributed by atoms with Crippen molar-refractivity contribution in [2.45, 2.75) is 6.92 Å². The van der Waals surface area contributed by atoms with Crippen LogP contribution < -0.4 is 0 Å². The summed E-state index contributed by atoms with van der Waals surface area (Å²) in [6.45, 7) is 1.74. The molecule has 1 aromatic carbocycles. The lowest BCUT2D eigenvalue weighted by Gasteiger charge is -2.03. The van der Waals surface area contributed by atoms with Gasteiger partial charge in [0.15, 0.2) is 0 Å². The Morgan fingerprint density at radius 1 is 1.54 bits per heavy atom. The van der Waals surface area contributed by atoms with Crippen LogP contribution in [0.3, 0.4) is 0 Å². The van der Waals surface area contributed by atoms with E-state index in [0.717, 1.165) is 0 Å². The van der Waals surface area contributed by atoms with E-state index in [1.807, 2.05) is 0 Å². The van der Waals surface area contributed by atoms with Crippen molar-refractivity contribution in [3.63, 3.8) is 0 Å². The Morgan fingerprint density at radius 3 is 2.85 bits per heavy atom. The maximum atomic E-state index is 10.2. The van der Waals surface area contributed by atoms with E-state index in [4.69, 9.17) is 11.6 Å². The second kappa shape index (κ2) is 4.10. The third-order valence-electron chi connectivity index (χ3n) is 1.70. The molecule has 0 aliphatic rings. The Labute approximate surface area is 81.5 Å². The first-order valence-electron chi connectivity index (χ1n) is 3.76. The molecule has 0 aromatic heterocycles. The molecule has 0 aliphatic carbocycles. The number of hydrogen-bond donors (Lipinski definition) is 1. The van der Waals surface area contributed by atoms with E-state index in [1.165, 1.54) is 12.1 Å². The van der Waals surface area contributed by atoms with Crippen molar-refractivity contribution in [3.8, 4) is 5.75 Å². The maximum Gasteiger partial charge on any atom is 0.143 e. The fraction of sp³-hybridized carbons (Fsp3) is 0.100. The fourth-order valence-electron chi connectivity index (χ4n) is 1.02. The third-order valence-corrected chi connectivity index (χ3v) is 1.94. The highest BCUT2D eigenvalue weighted by Crippen LogP contribution is 2.27. The average Bonchev–Trinajstić information content (AvgIpc) is 2.09. The molecule has 0 saturated carbocycles. The summed E-state index contributed by atoms with van der Waals surface area (Å²) in [7, 11) is 0. The van der Waals surface area contributed by atoms with Crippen LogP contribution in [0.15, 0.2) is 24.3 Å². The van der Waals surface area contributed by atoms with E-state index in [-0.39, 0.29) is 5.75 Å². The van der Waals surface area contributed by atoms with Gasteiger partial charge in [0.05, 0.1) is 0 Å². The van der Waals surface area contributed by atoms with Crippen LogP contribution in [0.4, 0.5) is 0 Å². The normalized spacial score (nSPS) is 11.4. The minimum atomic E-state index is 0.125. The lowest BCUT2D eigenvalue weighted by atomic mass is 10.1. The second-order valence-electron chi connectivity index (χ2n) is 2.65. The van der Waals surface area contributed by atoms with Crippen molar-refractivity contribution in [2.75, 3.05) is 0 Å². The number of benzene rings is 1. The first-order valence-corrected chi connectivity index (χ1v) is 4.14. The number of carbonyl (C=O) groups excluding carboxylic acids is 1. The van der Waals surface area contributed by atoms with Gasteiger partial charge in [-0.2, -0.15) is 0 Å². The zero-order valence-corrected chi connectivity index (χ0v) is 7.88. The SMILES string of the molecule is CC(=CC=O)c1cc(Cl)ccc1O. The Bertz CT molecular complexity index is 356. The van der Waals surface area contributed by atoms with Crippen molar-refractivity contribution in [2.24, 2.45) is 0 Å². The molecule has 0 bridgehead atoms. The lowest BCUT2D eigenvalue weighted by Crippen LogP contribution is -1.81. The van der Waals surface area contributed by atoms with E-state index >= 15 is 0 Å². The number of aromatic hydroxyl groups is 1. The molecule has 1 aromatic rings. The first kappa shape index (κ1) is 9.81. The van der Waals surface area contributed by atoms with Crippen LogP contribution in [0.5, 0.6) is 5.75 Å². The highest BCUT2D eigenvalue weighted by atomic mass is 35.5. The molecule has 1 rings (SSSR count). The van der Waals surface area contributed by atoms with E-state index < -0.39 is 0 Å². The van der Waals surface area contributed by atoms with Gasteiger partial charge in [-0.15, -0.1) is 0 Å². The molecule has 0 saturated heterocycles. The number of aldehydes is 1. The monoisotopic (exact) mass is 196 g/mol. The predicted molar refractivity (Wildman–Crippen MR) is 52.8 cm³/mol. The van der Waals surface area contributed by atoms with E-state index in [9.17, 15) is 9.90 Å². The molecule has 3 heteroatoms. The molecular formula is C10H9ClO2. The number of hydrogen-bond acceptors (Lipinski definition) is 2. The fourth-order valence-corrected chi connectivity index (χ4v) is 1.19. The van der Waals surface area contributed by atoms with E-state index in [1.54, 1.807) is 19.1 Å². The molecule has 13 heavy (non-hydrogen) atoms. The Morgan fingerprint density at radius 2 is 2.23 bits per heavy atom. The van der Waals surface area contributed by atoms with Crippen LogP contribution >= 0.6 is 11.6 Å². The minimum Gasteiger partial charge on any atom is -0.507 e. The van der Waals surface area contributed by atoms with Gasteiger partial charge in [-0.3, -0.25) is 4.79 Å². The van der Waals surface area contributed by atoms with Crippen LogP contribution in [-0.4, -0.2) is 11.4 Å². The summed E-state index contributed by atoms with van der Waals surface area (Å²) >= 11 is 5.73. The molecule has 0 fully saturated rings. The molecule has 2 nitrogen and oxygen atoms in total. The van der Waals surface area contributed by atoms with E-state index in [0.29, 0.717) is 22.4 Å². The van der Waals surface area contributed by atoms with Crippen LogP contribution in [0.25, 0.3) is 5.57 Å². The number of rotatable bonds is 2.